The largest absolute Gasteiger partial charge is 0.451 e. The molecular weight excluding hydrogens is 372 g/mol. The lowest BCUT2D eigenvalue weighted by molar-refractivity contribution is 0.0994. The number of hydrogen-bond acceptors (Lipinski definition) is 3. The minimum absolute atomic E-state index is 0.0528. The molecule has 3 aromatic rings. The minimum atomic E-state index is -0.0528. The molecule has 2 nitrogen and oxygen atoms in total. The molecule has 0 aliphatic heterocycles. The number of Topliss-reactive ketones (excluding diaryl/α,β-unsaturated/α-hetero) is 1. The Morgan fingerprint density at radius 2 is 2.00 bits per heavy atom. The number of rotatable bonds is 4. The first-order valence-corrected chi connectivity index (χ1v) is 8.39. The summed E-state index contributed by atoms with van der Waals surface area (Å²) in [5.41, 5.74) is 0.563. The van der Waals surface area contributed by atoms with E-state index in [0.29, 0.717) is 22.1 Å². The van der Waals surface area contributed by atoms with Crippen molar-refractivity contribution in [2.45, 2.75) is 4.90 Å². The Hall–Kier alpha value is -1.23. The Morgan fingerprint density at radius 1 is 1.19 bits per heavy atom. The second-order valence-electron chi connectivity index (χ2n) is 4.41. The predicted molar refractivity (Wildman–Crippen MR) is 90.4 cm³/mol. The topological polar surface area (TPSA) is 30.2 Å². The zero-order chi connectivity index (χ0) is 14.8. The summed E-state index contributed by atoms with van der Waals surface area (Å²) in [6.45, 7) is 0. The number of thioether (sulfide) groups is 1. The fraction of sp³-hybridized carbons (Fsp3) is 0.0625. The number of fused-ring (bicyclic) bond motifs is 1. The fourth-order valence-electron chi connectivity index (χ4n) is 1.94. The van der Waals surface area contributed by atoms with Crippen molar-refractivity contribution < 1.29 is 9.21 Å². The van der Waals surface area contributed by atoms with Crippen LogP contribution in [-0.4, -0.2) is 11.5 Å². The molecule has 1 heterocycles. The van der Waals surface area contributed by atoms with E-state index in [1.807, 2.05) is 36.4 Å². The third-order valence-corrected chi connectivity index (χ3v) is 5.29. The van der Waals surface area contributed by atoms with Crippen LogP contribution in [0.15, 0.2) is 62.3 Å². The SMILES string of the molecule is O=C(CSc1ccccc1Br)c1cc2cccc(Cl)c2o1. The van der Waals surface area contributed by atoms with Gasteiger partial charge in [0.15, 0.2) is 11.3 Å². The van der Waals surface area contributed by atoms with Gasteiger partial charge < -0.3 is 4.42 Å². The highest BCUT2D eigenvalue weighted by Gasteiger charge is 2.14. The van der Waals surface area contributed by atoms with Gasteiger partial charge in [0.25, 0.3) is 0 Å². The molecule has 0 bridgehead atoms. The molecule has 0 unspecified atom stereocenters. The first kappa shape index (κ1) is 14.7. The number of ketones is 1. The van der Waals surface area contributed by atoms with Crippen LogP contribution in [0.25, 0.3) is 11.0 Å². The summed E-state index contributed by atoms with van der Waals surface area (Å²) < 4.78 is 6.55. The highest BCUT2D eigenvalue weighted by molar-refractivity contribution is 9.10. The molecule has 0 aliphatic carbocycles. The summed E-state index contributed by atoms with van der Waals surface area (Å²) in [5.74, 6) is 0.612. The second kappa shape index (κ2) is 6.26. The van der Waals surface area contributed by atoms with E-state index >= 15 is 0 Å². The fourth-order valence-corrected chi connectivity index (χ4v) is 3.60. The van der Waals surface area contributed by atoms with E-state index in [-0.39, 0.29) is 5.78 Å². The summed E-state index contributed by atoms with van der Waals surface area (Å²) in [4.78, 5) is 13.3. The number of benzene rings is 2. The Bertz CT molecular complexity index is 813. The molecule has 3 rings (SSSR count). The van der Waals surface area contributed by atoms with E-state index in [1.54, 1.807) is 12.1 Å². The van der Waals surface area contributed by atoms with Crippen LogP contribution < -0.4 is 0 Å². The van der Waals surface area contributed by atoms with Crippen molar-refractivity contribution >= 4 is 56.0 Å². The van der Waals surface area contributed by atoms with Crippen molar-refractivity contribution in [1.29, 1.82) is 0 Å². The summed E-state index contributed by atoms with van der Waals surface area (Å²) in [7, 11) is 0. The van der Waals surface area contributed by atoms with Crippen molar-refractivity contribution in [3.63, 3.8) is 0 Å². The van der Waals surface area contributed by atoms with Crippen molar-refractivity contribution in [3.05, 3.63) is 63.8 Å². The first-order valence-electron chi connectivity index (χ1n) is 6.24. The molecule has 106 valence electrons. The first-order chi connectivity index (χ1) is 10.1. The van der Waals surface area contributed by atoms with E-state index < -0.39 is 0 Å². The maximum Gasteiger partial charge on any atom is 0.208 e. The zero-order valence-corrected chi connectivity index (χ0v) is 14.0. The molecule has 21 heavy (non-hydrogen) atoms. The third kappa shape index (κ3) is 3.18. The van der Waals surface area contributed by atoms with Crippen molar-refractivity contribution in [2.24, 2.45) is 0 Å². The van der Waals surface area contributed by atoms with E-state index in [1.165, 1.54) is 11.8 Å². The van der Waals surface area contributed by atoms with Crippen LogP contribution in [0, 0.1) is 0 Å². The van der Waals surface area contributed by atoms with Crippen molar-refractivity contribution in [3.8, 4) is 0 Å². The van der Waals surface area contributed by atoms with Crippen LogP contribution >= 0.6 is 39.3 Å². The maximum absolute atomic E-state index is 12.2. The summed E-state index contributed by atoms with van der Waals surface area (Å²) in [5, 5.41) is 1.36. The van der Waals surface area contributed by atoms with Crippen LogP contribution in [0.2, 0.25) is 5.02 Å². The zero-order valence-electron chi connectivity index (χ0n) is 10.8. The standard InChI is InChI=1S/C16H10BrClO2S/c17-11-5-1-2-7-15(11)21-9-13(19)14-8-10-4-3-6-12(18)16(10)20-14/h1-8H,9H2. The number of carbonyl (C=O) groups is 1. The van der Waals surface area contributed by atoms with E-state index in [2.05, 4.69) is 15.9 Å². The molecule has 0 spiro atoms. The maximum atomic E-state index is 12.2. The molecule has 2 aromatic carbocycles. The Morgan fingerprint density at radius 3 is 2.76 bits per heavy atom. The number of carbonyl (C=O) groups excluding carboxylic acids is 1. The lowest BCUT2D eigenvalue weighted by Gasteiger charge is -2.02. The molecule has 0 saturated carbocycles. The molecule has 0 N–H and O–H groups in total. The van der Waals surface area contributed by atoms with Gasteiger partial charge in [-0.25, -0.2) is 0 Å². The lowest BCUT2D eigenvalue weighted by Crippen LogP contribution is -2.00. The van der Waals surface area contributed by atoms with Crippen molar-refractivity contribution in [2.75, 3.05) is 5.75 Å². The number of halogens is 2. The van der Waals surface area contributed by atoms with Gasteiger partial charge >= 0.3 is 0 Å². The molecule has 5 heteroatoms. The molecule has 0 aliphatic rings. The van der Waals surface area contributed by atoms with E-state index in [0.717, 1.165) is 14.8 Å². The molecule has 0 amide bonds. The minimum Gasteiger partial charge on any atom is -0.451 e. The number of furan rings is 1. The van der Waals surface area contributed by atoms with Gasteiger partial charge in [-0.3, -0.25) is 4.79 Å². The summed E-state index contributed by atoms with van der Waals surface area (Å²) in [6, 6.07) is 15.0. The average Bonchev–Trinajstić information content (AvgIpc) is 2.92. The quantitative estimate of drug-likeness (QED) is 0.421. The van der Waals surface area contributed by atoms with Gasteiger partial charge in [0.05, 0.1) is 10.8 Å². The normalized spacial score (nSPS) is 11.0. The molecule has 0 atom stereocenters. The molecule has 0 saturated heterocycles. The van der Waals surface area contributed by atoms with Crippen LogP contribution in [0.5, 0.6) is 0 Å². The lowest BCUT2D eigenvalue weighted by atomic mass is 10.2. The van der Waals surface area contributed by atoms with Crippen LogP contribution in [0.3, 0.4) is 0 Å². The number of hydrogen-bond donors (Lipinski definition) is 0. The highest BCUT2D eigenvalue weighted by atomic mass is 79.9. The van der Waals surface area contributed by atoms with Gasteiger partial charge in [0, 0.05) is 14.8 Å². The van der Waals surface area contributed by atoms with Gasteiger partial charge in [0.2, 0.25) is 5.78 Å². The van der Waals surface area contributed by atoms with Gasteiger partial charge in [-0.05, 0) is 40.2 Å². The van der Waals surface area contributed by atoms with Gasteiger partial charge in [0.1, 0.15) is 0 Å². The summed E-state index contributed by atoms with van der Waals surface area (Å²) >= 11 is 11.0. The third-order valence-electron chi connectivity index (χ3n) is 2.97. The second-order valence-corrected chi connectivity index (χ2v) is 6.69. The van der Waals surface area contributed by atoms with E-state index in [9.17, 15) is 4.79 Å². The van der Waals surface area contributed by atoms with Crippen LogP contribution in [0.1, 0.15) is 10.6 Å². The van der Waals surface area contributed by atoms with Crippen LogP contribution in [0.4, 0.5) is 0 Å². The molecule has 1 aromatic heterocycles. The Labute approximate surface area is 139 Å². The molecule has 0 radical (unpaired) electrons. The highest BCUT2D eigenvalue weighted by Crippen LogP contribution is 2.30. The smallest absolute Gasteiger partial charge is 0.208 e. The predicted octanol–water partition coefficient (Wildman–Crippen LogP) is 5.82. The van der Waals surface area contributed by atoms with Gasteiger partial charge in [-0.1, -0.05) is 35.9 Å². The number of para-hydroxylation sites is 1. The monoisotopic (exact) mass is 380 g/mol. The van der Waals surface area contributed by atoms with Crippen LogP contribution in [-0.2, 0) is 0 Å². The Kier molecular flexibility index (Phi) is 4.38. The van der Waals surface area contributed by atoms with Gasteiger partial charge in [-0.15, -0.1) is 11.8 Å². The van der Waals surface area contributed by atoms with Gasteiger partial charge in [-0.2, -0.15) is 0 Å². The Balaban J connectivity index is 1.78. The van der Waals surface area contributed by atoms with Crippen molar-refractivity contribution in [1.82, 2.24) is 0 Å². The summed E-state index contributed by atoms with van der Waals surface area (Å²) in [6.07, 6.45) is 0. The molecule has 0 fully saturated rings. The average molecular weight is 382 g/mol. The van der Waals surface area contributed by atoms with E-state index in [4.69, 9.17) is 16.0 Å². The molecular formula is C16H10BrClO2S.